The summed E-state index contributed by atoms with van der Waals surface area (Å²) < 4.78 is 0.900. The molecule has 1 amide bonds. The summed E-state index contributed by atoms with van der Waals surface area (Å²) in [7, 11) is 1.39. The van der Waals surface area contributed by atoms with Gasteiger partial charge < -0.3 is 10.2 Å². The number of rotatable bonds is 2. The maximum absolute atomic E-state index is 10.8. The van der Waals surface area contributed by atoms with Gasteiger partial charge in [0.2, 0.25) is 0 Å². The van der Waals surface area contributed by atoms with E-state index >= 15 is 0 Å². The van der Waals surface area contributed by atoms with Gasteiger partial charge in [0.05, 0.1) is 22.6 Å². The van der Waals surface area contributed by atoms with Gasteiger partial charge in [-0.2, -0.15) is 0 Å². The lowest BCUT2D eigenvalue weighted by Crippen LogP contribution is -2.24. The van der Waals surface area contributed by atoms with Crippen LogP contribution in [0.2, 0.25) is 0 Å². The Morgan fingerprint density at radius 3 is 2.88 bits per heavy atom. The summed E-state index contributed by atoms with van der Waals surface area (Å²) in [5, 5.41) is 19.1. The van der Waals surface area contributed by atoms with Gasteiger partial charge in [0.15, 0.2) is 5.82 Å². The molecular formula is C17H12N4O3S. The normalized spacial score (nSPS) is 10.6. The van der Waals surface area contributed by atoms with Gasteiger partial charge in [0.25, 0.3) is 0 Å². The van der Waals surface area contributed by atoms with E-state index < -0.39 is 6.09 Å². The minimum atomic E-state index is -1.11. The number of nitrogens with zero attached hydrogens (tertiary/aromatic N) is 4. The second kappa shape index (κ2) is 6.98. The summed E-state index contributed by atoms with van der Waals surface area (Å²) in [5.41, 5.74) is 1.25. The highest BCUT2D eigenvalue weighted by Crippen LogP contribution is 2.26. The Morgan fingerprint density at radius 2 is 2.16 bits per heavy atom. The summed E-state index contributed by atoms with van der Waals surface area (Å²) in [5.74, 6) is 6.08. The van der Waals surface area contributed by atoms with Gasteiger partial charge in [-0.15, -0.1) is 11.3 Å². The van der Waals surface area contributed by atoms with Crippen molar-refractivity contribution in [1.82, 2.24) is 15.0 Å². The molecule has 0 saturated carbocycles. The van der Waals surface area contributed by atoms with Crippen LogP contribution in [0.15, 0.2) is 36.7 Å². The molecule has 7 nitrogen and oxygen atoms in total. The third kappa shape index (κ3) is 3.91. The third-order valence-corrected chi connectivity index (χ3v) is 4.15. The van der Waals surface area contributed by atoms with E-state index in [9.17, 15) is 9.90 Å². The summed E-state index contributed by atoms with van der Waals surface area (Å²) in [6.07, 6.45) is 5.07. The first kappa shape index (κ1) is 16.4. The van der Waals surface area contributed by atoms with Crippen LogP contribution in [-0.2, 0) is 0 Å². The number of anilines is 1. The first-order chi connectivity index (χ1) is 12.0. The van der Waals surface area contributed by atoms with Crippen LogP contribution in [0.3, 0.4) is 0 Å². The van der Waals surface area contributed by atoms with E-state index in [1.807, 2.05) is 0 Å². The van der Waals surface area contributed by atoms with Crippen molar-refractivity contribution < 1.29 is 15.0 Å². The SMILES string of the molecule is CN(C(=O)O)c1cnc(C#C/C=C/c2nc3ccc(O)cc3s2)cn1. The molecule has 2 heterocycles. The molecule has 2 aromatic heterocycles. The van der Waals surface area contributed by atoms with Crippen molar-refractivity contribution in [2.75, 3.05) is 11.9 Å². The molecule has 124 valence electrons. The predicted molar refractivity (Wildman–Crippen MR) is 95.7 cm³/mol. The number of allylic oxidation sites excluding steroid dienone is 1. The van der Waals surface area contributed by atoms with Crippen LogP contribution in [0.4, 0.5) is 10.6 Å². The number of thiazole rings is 1. The molecule has 0 atom stereocenters. The lowest BCUT2D eigenvalue weighted by Gasteiger charge is -2.10. The fourth-order valence-electron chi connectivity index (χ4n) is 1.89. The molecule has 0 saturated heterocycles. The number of hydrogen-bond donors (Lipinski definition) is 2. The average Bonchev–Trinajstić information content (AvgIpc) is 3.00. The second-order valence-corrected chi connectivity index (χ2v) is 5.97. The lowest BCUT2D eigenvalue weighted by atomic mass is 10.3. The number of aromatic hydroxyl groups is 1. The molecule has 0 aliphatic carbocycles. The summed E-state index contributed by atoms with van der Waals surface area (Å²) in [6, 6.07) is 5.02. The first-order valence-corrected chi connectivity index (χ1v) is 7.91. The maximum Gasteiger partial charge on any atom is 0.412 e. The number of phenols is 1. The van der Waals surface area contributed by atoms with E-state index in [4.69, 9.17) is 5.11 Å². The largest absolute Gasteiger partial charge is 0.508 e. The van der Waals surface area contributed by atoms with E-state index in [1.54, 1.807) is 30.4 Å². The van der Waals surface area contributed by atoms with E-state index in [-0.39, 0.29) is 11.6 Å². The smallest absolute Gasteiger partial charge is 0.412 e. The van der Waals surface area contributed by atoms with Crippen LogP contribution in [0.5, 0.6) is 5.75 Å². The summed E-state index contributed by atoms with van der Waals surface area (Å²) in [4.78, 5) is 24.2. The van der Waals surface area contributed by atoms with Crippen LogP contribution >= 0.6 is 11.3 Å². The molecular weight excluding hydrogens is 340 g/mol. The minimum absolute atomic E-state index is 0.210. The molecule has 2 N–H and O–H groups in total. The molecule has 0 bridgehead atoms. The molecule has 0 unspecified atom stereocenters. The lowest BCUT2D eigenvalue weighted by molar-refractivity contribution is 0.203. The zero-order valence-corrected chi connectivity index (χ0v) is 13.9. The number of fused-ring (bicyclic) bond motifs is 1. The zero-order chi connectivity index (χ0) is 17.8. The number of amides is 1. The fourth-order valence-corrected chi connectivity index (χ4v) is 2.79. The Morgan fingerprint density at radius 1 is 1.32 bits per heavy atom. The van der Waals surface area contributed by atoms with Crippen LogP contribution in [0, 0.1) is 11.8 Å². The highest BCUT2D eigenvalue weighted by Gasteiger charge is 2.09. The Bertz CT molecular complexity index is 1020. The zero-order valence-electron chi connectivity index (χ0n) is 13.0. The number of carbonyl (C=O) groups is 1. The Kier molecular flexibility index (Phi) is 4.59. The average molecular weight is 352 g/mol. The van der Waals surface area contributed by atoms with Gasteiger partial charge in [0, 0.05) is 7.05 Å². The van der Waals surface area contributed by atoms with Crippen LogP contribution in [0.25, 0.3) is 16.3 Å². The minimum Gasteiger partial charge on any atom is -0.508 e. The number of benzene rings is 1. The van der Waals surface area contributed by atoms with Gasteiger partial charge in [-0.1, -0.05) is 5.92 Å². The quantitative estimate of drug-likeness (QED) is 0.688. The molecule has 3 rings (SSSR count). The van der Waals surface area contributed by atoms with Gasteiger partial charge in [-0.05, 0) is 36.3 Å². The number of phenolic OH excluding ortho intramolecular Hbond substituents is 1. The Labute approximate surface area is 146 Å². The van der Waals surface area contributed by atoms with Crippen molar-refractivity contribution >= 4 is 39.5 Å². The van der Waals surface area contributed by atoms with Crippen molar-refractivity contribution in [3.63, 3.8) is 0 Å². The molecule has 0 fully saturated rings. The van der Waals surface area contributed by atoms with E-state index in [1.165, 1.54) is 30.8 Å². The maximum atomic E-state index is 10.8. The van der Waals surface area contributed by atoms with Crippen LogP contribution < -0.4 is 4.90 Å². The molecule has 8 heteroatoms. The fraction of sp³-hybridized carbons (Fsp3) is 0.0588. The van der Waals surface area contributed by atoms with Crippen LogP contribution in [0.1, 0.15) is 10.7 Å². The molecule has 0 aliphatic heterocycles. The number of carboxylic acid groups (broad SMARTS) is 1. The highest BCUT2D eigenvalue weighted by molar-refractivity contribution is 7.19. The third-order valence-electron chi connectivity index (χ3n) is 3.17. The van der Waals surface area contributed by atoms with Crippen molar-refractivity contribution in [2.45, 2.75) is 0 Å². The molecule has 3 aromatic rings. The Hall–Kier alpha value is -3.44. The predicted octanol–water partition coefficient (Wildman–Crippen LogP) is 2.97. The van der Waals surface area contributed by atoms with Crippen molar-refractivity contribution in [2.24, 2.45) is 0 Å². The number of hydrogen-bond acceptors (Lipinski definition) is 6. The molecule has 25 heavy (non-hydrogen) atoms. The molecule has 0 aliphatic rings. The van der Waals surface area contributed by atoms with Gasteiger partial charge >= 0.3 is 6.09 Å². The first-order valence-electron chi connectivity index (χ1n) is 7.09. The van der Waals surface area contributed by atoms with Crippen LogP contribution in [-0.4, -0.2) is 38.3 Å². The van der Waals surface area contributed by atoms with Gasteiger partial charge in [-0.3, -0.25) is 4.90 Å². The molecule has 1 aromatic carbocycles. The standard InChI is InChI=1S/C17H12N4O3S/c1-21(17(23)24)15-10-18-11(9-19-15)4-2-3-5-16-20-13-7-6-12(22)8-14(13)25-16/h3,5-10,22H,1H3,(H,23,24)/b5-3+. The summed E-state index contributed by atoms with van der Waals surface area (Å²) in [6.45, 7) is 0. The van der Waals surface area contributed by atoms with Crippen molar-refractivity contribution in [1.29, 1.82) is 0 Å². The monoisotopic (exact) mass is 352 g/mol. The van der Waals surface area contributed by atoms with E-state index in [0.717, 1.165) is 20.1 Å². The van der Waals surface area contributed by atoms with Gasteiger partial charge in [-0.25, -0.2) is 19.7 Å². The molecule has 0 radical (unpaired) electrons. The highest BCUT2D eigenvalue weighted by atomic mass is 32.1. The van der Waals surface area contributed by atoms with E-state index in [2.05, 4.69) is 26.8 Å². The van der Waals surface area contributed by atoms with Gasteiger partial charge in [0.1, 0.15) is 16.5 Å². The Balaban J connectivity index is 1.70. The van der Waals surface area contributed by atoms with Crippen molar-refractivity contribution in [3.05, 3.63) is 47.4 Å². The van der Waals surface area contributed by atoms with Crippen molar-refractivity contribution in [3.8, 4) is 17.6 Å². The number of aromatic nitrogens is 3. The second-order valence-electron chi connectivity index (χ2n) is 4.91. The van der Waals surface area contributed by atoms with E-state index in [0.29, 0.717) is 5.69 Å². The summed E-state index contributed by atoms with van der Waals surface area (Å²) >= 11 is 1.45. The molecule has 0 spiro atoms. The topological polar surface area (TPSA) is 99.4 Å².